The number of imide groups is 1. The van der Waals surface area contributed by atoms with E-state index in [-0.39, 0.29) is 24.8 Å². The van der Waals surface area contributed by atoms with E-state index in [2.05, 4.69) is 40.5 Å². The first-order valence-corrected chi connectivity index (χ1v) is 12.4. The summed E-state index contributed by atoms with van der Waals surface area (Å²) in [5.41, 5.74) is 2.78. The fourth-order valence-corrected chi connectivity index (χ4v) is 5.56. The highest BCUT2D eigenvalue weighted by atomic mass is 19.1. The molecule has 2 saturated heterocycles. The van der Waals surface area contributed by atoms with Crippen molar-refractivity contribution in [2.45, 2.75) is 32.0 Å². The molecule has 3 aromatic carbocycles. The summed E-state index contributed by atoms with van der Waals surface area (Å²) in [4.78, 5) is 42.6. The average Bonchev–Trinajstić information content (AvgIpc) is 3.19. The highest BCUT2D eigenvalue weighted by Crippen LogP contribution is 2.33. The number of nitrogens with zero attached hydrogens (tertiary/aromatic N) is 3. The summed E-state index contributed by atoms with van der Waals surface area (Å²) in [6, 6.07) is 17.2. The molecule has 8 heteroatoms. The Balaban J connectivity index is 1.13. The van der Waals surface area contributed by atoms with Crippen LogP contribution in [0.15, 0.2) is 54.6 Å². The van der Waals surface area contributed by atoms with E-state index in [1.165, 1.54) is 27.3 Å². The van der Waals surface area contributed by atoms with Crippen LogP contribution in [0.4, 0.5) is 10.1 Å². The van der Waals surface area contributed by atoms with Crippen molar-refractivity contribution in [3.63, 3.8) is 0 Å². The van der Waals surface area contributed by atoms with Gasteiger partial charge in [0.2, 0.25) is 11.8 Å². The van der Waals surface area contributed by atoms with Gasteiger partial charge in [-0.2, -0.15) is 0 Å². The molecule has 1 unspecified atom stereocenters. The van der Waals surface area contributed by atoms with Crippen molar-refractivity contribution in [3.8, 4) is 0 Å². The number of anilines is 1. The fraction of sp³-hybridized carbons (Fsp3) is 0.321. The molecule has 0 aliphatic carbocycles. The number of carbonyl (C=O) groups is 3. The van der Waals surface area contributed by atoms with Gasteiger partial charge < -0.3 is 9.80 Å². The summed E-state index contributed by atoms with van der Waals surface area (Å²) < 4.78 is 15.1. The Kier molecular flexibility index (Phi) is 5.68. The van der Waals surface area contributed by atoms with Crippen LogP contribution in [-0.2, 0) is 22.7 Å². The molecule has 3 aliphatic rings. The number of amides is 3. The minimum atomic E-state index is -0.701. The third-order valence-electron chi connectivity index (χ3n) is 7.52. The molecular formula is C28H27FN4O3. The van der Waals surface area contributed by atoms with Crippen molar-refractivity contribution >= 4 is 34.2 Å². The van der Waals surface area contributed by atoms with Gasteiger partial charge in [0.15, 0.2) is 0 Å². The van der Waals surface area contributed by atoms with Crippen molar-refractivity contribution in [3.05, 3.63) is 77.1 Å². The Morgan fingerprint density at radius 1 is 0.917 bits per heavy atom. The van der Waals surface area contributed by atoms with Gasteiger partial charge in [0.1, 0.15) is 11.9 Å². The average molecular weight is 487 g/mol. The van der Waals surface area contributed by atoms with E-state index < -0.39 is 17.8 Å². The monoisotopic (exact) mass is 486 g/mol. The van der Waals surface area contributed by atoms with Crippen LogP contribution in [0, 0.1) is 5.82 Å². The van der Waals surface area contributed by atoms with Gasteiger partial charge >= 0.3 is 0 Å². The lowest BCUT2D eigenvalue weighted by molar-refractivity contribution is -0.136. The standard InChI is InChI=1S/C28H27FN4O3/c29-23-15-22-21(17-33(28(22)36)24-7-8-26(34)30-27(24)35)14-25(23)32-11-9-31(10-12-32)16-18-5-6-19-3-1-2-4-20(19)13-18/h1-6,13-15,24H,7-12,16-17H2,(H,30,34,35). The van der Waals surface area contributed by atoms with Gasteiger partial charge in [0.25, 0.3) is 5.91 Å². The first-order valence-electron chi connectivity index (χ1n) is 12.4. The molecule has 6 rings (SSSR count). The summed E-state index contributed by atoms with van der Waals surface area (Å²) in [6.45, 7) is 4.09. The lowest BCUT2D eigenvalue weighted by Crippen LogP contribution is -2.52. The summed E-state index contributed by atoms with van der Waals surface area (Å²) >= 11 is 0. The van der Waals surface area contributed by atoms with Crippen LogP contribution in [0.5, 0.6) is 0 Å². The Bertz CT molecular complexity index is 1380. The number of piperidine rings is 1. The van der Waals surface area contributed by atoms with Crippen molar-refractivity contribution in [1.29, 1.82) is 0 Å². The Hall–Kier alpha value is -3.78. The largest absolute Gasteiger partial charge is 0.367 e. The van der Waals surface area contributed by atoms with Crippen LogP contribution in [0.1, 0.15) is 34.3 Å². The maximum absolute atomic E-state index is 15.1. The number of hydrogen-bond donors (Lipinski definition) is 1. The molecule has 0 saturated carbocycles. The van der Waals surface area contributed by atoms with E-state index in [9.17, 15) is 14.4 Å². The summed E-state index contributed by atoms with van der Waals surface area (Å²) in [5, 5.41) is 4.76. The van der Waals surface area contributed by atoms with E-state index in [0.29, 0.717) is 30.8 Å². The zero-order valence-corrected chi connectivity index (χ0v) is 19.9. The van der Waals surface area contributed by atoms with Crippen LogP contribution < -0.4 is 10.2 Å². The number of carbonyl (C=O) groups excluding carboxylic acids is 3. The summed E-state index contributed by atoms with van der Waals surface area (Å²) in [7, 11) is 0. The number of benzene rings is 3. The van der Waals surface area contributed by atoms with Crippen LogP contribution in [0.3, 0.4) is 0 Å². The van der Waals surface area contributed by atoms with E-state index >= 15 is 4.39 Å². The maximum Gasteiger partial charge on any atom is 0.255 e. The van der Waals surface area contributed by atoms with E-state index in [1.54, 1.807) is 6.07 Å². The number of halogens is 1. The van der Waals surface area contributed by atoms with E-state index in [4.69, 9.17) is 0 Å². The number of fused-ring (bicyclic) bond motifs is 2. The second kappa shape index (κ2) is 9.02. The molecule has 2 fully saturated rings. The van der Waals surface area contributed by atoms with Crippen LogP contribution in [0.25, 0.3) is 10.8 Å². The minimum Gasteiger partial charge on any atom is -0.367 e. The Labute approximate surface area is 208 Å². The lowest BCUT2D eigenvalue weighted by Gasteiger charge is -2.36. The van der Waals surface area contributed by atoms with Gasteiger partial charge in [-0.1, -0.05) is 36.4 Å². The first-order chi connectivity index (χ1) is 17.5. The zero-order valence-electron chi connectivity index (χ0n) is 19.9. The highest BCUT2D eigenvalue weighted by molar-refractivity contribution is 6.05. The van der Waals surface area contributed by atoms with Crippen LogP contribution in [0.2, 0.25) is 0 Å². The molecule has 0 radical (unpaired) electrons. The van der Waals surface area contributed by atoms with Crippen molar-refractivity contribution in [2.24, 2.45) is 0 Å². The quantitative estimate of drug-likeness (QED) is 0.574. The SMILES string of the molecule is O=C1CCC(N2Cc3cc(N4CCN(Cc5ccc6ccccc6c5)CC4)c(F)cc3C2=O)C(=O)N1. The molecule has 0 aromatic heterocycles. The second-order valence-electron chi connectivity index (χ2n) is 9.81. The smallest absolute Gasteiger partial charge is 0.255 e. The highest BCUT2D eigenvalue weighted by Gasteiger charge is 2.40. The first kappa shape index (κ1) is 22.7. The molecule has 3 aliphatic heterocycles. The molecule has 0 bridgehead atoms. The lowest BCUT2D eigenvalue weighted by atomic mass is 10.0. The summed E-state index contributed by atoms with van der Waals surface area (Å²) in [6.07, 6.45) is 0.485. The number of rotatable bonds is 4. The van der Waals surface area contributed by atoms with Gasteiger partial charge in [-0.3, -0.25) is 24.6 Å². The molecule has 3 amide bonds. The number of piperazine rings is 1. The van der Waals surface area contributed by atoms with Crippen LogP contribution >= 0.6 is 0 Å². The van der Waals surface area contributed by atoms with Gasteiger partial charge in [-0.15, -0.1) is 0 Å². The third kappa shape index (κ3) is 4.11. The van der Waals surface area contributed by atoms with Gasteiger partial charge in [-0.25, -0.2) is 4.39 Å². The normalized spacial score (nSPS) is 20.7. The minimum absolute atomic E-state index is 0.194. The molecule has 184 valence electrons. The van der Waals surface area contributed by atoms with Gasteiger partial charge in [0, 0.05) is 51.3 Å². The van der Waals surface area contributed by atoms with Crippen molar-refractivity contribution < 1.29 is 18.8 Å². The third-order valence-corrected chi connectivity index (χ3v) is 7.52. The molecule has 1 atom stereocenters. The molecule has 36 heavy (non-hydrogen) atoms. The molecule has 1 N–H and O–H groups in total. The number of hydrogen-bond acceptors (Lipinski definition) is 5. The molecular weight excluding hydrogens is 459 g/mol. The Morgan fingerprint density at radius 2 is 1.69 bits per heavy atom. The van der Waals surface area contributed by atoms with Crippen molar-refractivity contribution in [1.82, 2.24) is 15.1 Å². The summed E-state index contributed by atoms with van der Waals surface area (Å²) in [5.74, 6) is -1.57. The predicted molar refractivity (Wildman–Crippen MR) is 134 cm³/mol. The van der Waals surface area contributed by atoms with E-state index in [1.807, 2.05) is 17.0 Å². The topological polar surface area (TPSA) is 73.0 Å². The fourth-order valence-electron chi connectivity index (χ4n) is 5.56. The second-order valence-corrected chi connectivity index (χ2v) is 9.81. The van der Waals surface area contributed by atoms with Gasteiger partial charge in [0.05, 0.1) is 5.69 Å². The van der Waals surface area contributed by atoms with Crippen molar-refractivity contribution in [2.75, 3.05) is 31.1 Å². The maximum atomic E-state index is 15.1. The van der Waals surface area contributed by atoms with Gasteiger partial charge in [-0.05, 0) is 46.5 Å². The Morgan fingerprint density at radius 3 is 2.47 bits per heavy atom. The van der Waals surface area contributed by atoms with Crippen LogP contribution in [-0.4, -0.2) is 59.7 Å². The zero-order chi connectivity index (χ0) is 24.8. The molecule has 3 aromatic rings. The van der Waals surface area contributed by atoms with E-state index in [0.717, 1.165) is 25.2 Å². The molecule has 0 spiro atoms. The predicted octanol–water partition coefficient (Wildman–Crippen LogP) is 3.06. The molecule has 7 nitrogen and oxygen atoms in total. The number of nitrogens with one attached hydrogen (secondary N) is 1. The molecule has 3 heterocycles.